The van der Waals surface area contributed by atoms with Crippen LogP contribution >= 0.6 is 19.9 Å². The zero-order valence-electron chi connectivity index (χ0n) is 7.47. The van der Waals surface area contributed by atoms with Gasteiger partial charge < -0.3 is 8.58 Å². The normalized spacial score (nSPS) is 10.2. The zero-order chi connectivity index (χ0) is 8.23. The summed E-state index contributed by atoms with van der Waals surface area (Å²) < 4.78 is 1.40. The summed E-state index contributed by atoms with van der Waals surface area (Å²) in [6.07, 6.45) is 0. The van der Waals surface area contributed by atoms with Gasteiger partial charge in [0.05, 0.1) is 0 Å². The Morgan fingerprint density at radius 2 is 1.69 bits per heavy atom. The van der Waals surface area contributed by atoms with Crippen molar-refractivity contribution < 1.29 is 18.9 Å². The molecule has 3 heteroatoms. The van der Waals surface area contributed by atoms with Gasteiger partial charge >= 0.3 is 18.9 Å². The minimum Gasteiger partial charge on any atom is -0.461 e. The van der Waals surface area contributed by atoms with Crippen molar-refractivity contribution in [3.8, 4) is 0 Å². The quantitative estimate of drug-likeness (QED) is 0.457. The third-order valence-corrected chi connectivity index (χ3v) is 3.69. The molecule has 0 N–H and O–H groups in total. The minimum atomic E-state index is 0. The van der Waals surface area contributed by atoms with Gasteiger partial charge in [0, 0.05) is 0 Å². The predicted molar refractivity (Wildman–Crippen MR) is 56.9 cm³/mol. The predicted octanol–water partition coefficient (Wildman–Crippen LogP) is -0.351. The molecule has 0 bridgehead atoms. The zero-order valence-corrected chi connectivity index (χ0v) is 9.19. The first-order valence-electron chi connectivity index (χ1n) is 3.75. The summed E-state index contributed by atoms with van der Waals surface area (Å²) >= 11 is 1.81. The molecule has 0 fully saturated rings. The maximum atomic E-state index is 2.17. The Kier molecular flexibility index (Phi) is 4.77. The number of hydrogen-bond donors (Lipinski definition) is 0. The fraction of sp³-hybridized carbons (Fsp3) is 0. The van der Waals surface area contributed by atoms with Crippen LogP contribution in [-0.2, 0) is 0 Å². The summed E-state index contributed by atoms with van der Waals surface area (Å²) in [5.41, 5.74) is 0. The van der Waals surface area contributed by atoms with Gasteiger partial charge in [-0.3, -0.25) is 0 Å². The molecule has 60 valence electrons. The molecule has 2 aromatic rings. The van der Waals surface area contributed by atoms with Crippen LogP contribution < -0.4 is 28.8 Å². The average molecular weight is 198 g/mol. The van der Waals surface area contributed by atoms with Crippen molar-refractivity contribution in [2.24, 2.45) is 0 Å². The van der Waals surface area contributed by atoms with Crippen LogP contribution in [0.15, 0.2) is 47.8 Å². The second kappa shape index (κ2) is 5.63. The third kappa shape index (κ3) is 3.29. The topological polar surface area (TPSA) is 0 Å². The second-order valence-electron chi connectivity index (χ2n) is 2.40. The molecule has 0 radical (unpaired) electrons. The molecular weight excluding hydrogens is 190 g/mol. The number of thiophene rings is 1. The smallest absolute Gasteiger partial charge is 0.461 e. The molecule has 13 heavy (non-hydrogen) atoms. The molecule has 1 heterocycles. The molecule has 2 rings (SSSR count). The van der Waals surface area contributed by atoms with Gasteiger partial charge in [0.25, 0.3) is 0 Å². The van der Waals surface area contributed by atoms with Crippen molar-refractivity contribution in [3.05, 3.63) is 47.8 Å². The van der Waals surface area contributed by atoms with Gasteiger partial charge in [0.2, 0.25) is 0 Å². The molecule has 0 spiro atoms. The van der Waals surface area contributed by atoms with E-state index >= 15 is 0 Å². The van der Waals surface area contributed by atoms with Gasteiger partial charge in [0.15, 0.2) is 0 Å². The van der Waals surface area contributed by atoms with E-state index in [4.69, 9.17) is 0 Å². The van der Waals surface area contributed by atoms with E-state index in [9.17, 15) is 0 Å². The van der Waals surface area contributed by atoms with Gasteiger partial charge in [-0.1, -0.05) is 42.5 Å². The van der Waals surface area contributed by atoms with E-state index < -0.39 is 0 Å². The van der Waals surface area contributed by atoms with Crippen molar-refractivity contribution in [2.75, 3.05) is 0 Å². The van der Waals surface area contributed by atoms with Crippen LogP contribution in [0.25, 0.3) is 0 Å². The average Bonchev–Trinajstić information content (AvgIpc) is 2.59. The molecule has 0 saturated heterocycles. The van der Waals surface area contributed by atoms with Crippen molar-refractivity contribution in [1.82, 2.24) is 0 Å². The fourth-order valence-corrected chi connectivity index (χ4v) is 2.86. The molecule has 0 saturated carbocycles. The molecule has 1 aromatic carbocycles. The van der Waals surface area contributed by atoms with Gasteiger partial charge in [-0.15, -0.1) is 4.62 Å². The van der Waals surface area contributed by atoms with Gasteiger partial charge in [0.1, 0.15) is 0 Å². The van der Waals surface area contributed by atoms with E-state index in [0.29, 0.717) is 0 Å². The fourth-order valence-electron chi connectivity index (χ4n) is 0.963. The Morgan fingerprint density at radius 3 is 2.31 bits per heavy atom. The Bertz CT molecular complexity index is 331. The van der Waals surface area contributed by atoms with Crippen molar-refractivity contribution >= 4 is 29.8 Å². The van der Waals surface area contributed by atoms with E-state index in [0.717, 1.165) is 0 Å². The third-order valence-electron chi connectivity index (χ3n) is 1.50. The first kappa shape index (κ1) is 11.0. The van der Waals surface area contributed by atoms with E-state index in [-0.39, 0.29) is 18.9 Å². The van der Waals surface area contributed by atoms with Crippen molar-refractivity contribution in [2.45, 2.75) is 0 Å². The number of rotatable bonds is 2. The molecule has 0 atom stereocenters. The maximum Gasteiger partial charge on any atom is 1.00 e. The van der Waals surface area contributed by atoms with Crippen LogP contribution in [0.3, 0.4) is 0 Å². The van der Waals surface area contributed by atoms with Gasteiger partial charge in [-0.25, -0.2) is 0 Å². The van der Waals surface area contributed by atoms with Crippen molar-refractivity contribution in [3.63, 3.8) is 0 Å². The Balaban J connectivity index is 0.000000845. The van der Waals surface area contributed by atoms with Crippen LogP contribution in [0.1, 0.15) is 0 Å². The summed E-state index contributed by atoms with van der Waals surface area (Å²) in [7, 11) is 1.32. The molecule has 0 aliphatic carbocycles. The largest absolute Gasteiger partial charge is 1.00 e. The summed E-state index contributed by atoms with van der Waals surface area (Å²) in [6, 6.07) is 14.8. The summed E-state index contributed by atoms with van der Waals surface area (Å²) in [6.45, 7) is 0. The molecular formula is C10H8LiPS. The maximum absolute atomic E-state index is 2.17. The first-order valence-corrected chi connectivity index (χ1v) is 5.53. The van der Waals surface area contributed by atoms with Gasteiger partial charge in [-0.2, -0.15) is 16.6 Å². The van der Waals surface area contributed by atoms with Gasteiger partial charge in [-0.05, 0) is 5.38 Å². The van der Waals surface area contributed by atoms with E-state index in [1.54, 1.807) is 11.3 Å². The molecule has 0 aliphatic heterocycles. The van der Waals surface area contributed by atoms with Crippen molar-refractivity contribution in [1.29, 1.82) is 0 Å². The van der Waals surface area contributed by atoms with E-state index in [2.05, 4.69) is 41.8 Å². The molecule has 0 amide bonds. The summed E-state index contributed by atoms with van der Waals surface area (Å²) in [5, 5.41) is 3.48. The second-order valence-corrected chi connectivity index (χ2v) is 4.87. The van der Waals surface area contributed by atoms with Crippen LogP contribution in [-0.4, -0.2) is 0 Å². The van der Waals surface area contributed by atoms with Crippen LogP contribution in [0.2, 0.25) is 0 Å². The first-order chi connectivity index (χ1) is 5.95. The van der Waals surface area contributed by atoms with Crippen LogP contribution in [0.5, 0.6) is 0 Å². The number of hydrogen-bond acceptors (Lipinski definition) is 1. The standard InChI is InChI=1S/C10H8PS.Li/c1-2-5-9(6-3-1)11-10-7-4-8-12-10;/h1-8H;/q-1;+1. The molecule has 1 aromatic heterocycles. The Hall–Kier alpha value is -0.0526. The molecule has 0 nitrogen and oxygen atoms in total. The van der Waals surface area contributed by atoms with E-state index in [1.165, 1.54) is 18.5 Å². The van der Waals surface area contributed by atoms with Crippen LogP contribution in [0.4, 0.5) is 0 Å². The minimum absolute atomic E-state index is 0. The number of benzene rings is 1. The van der Waals surface area contributed by atoms with E-state index in [1.807, 2.05) is 6.07 Å². The summed E-state index contributed by atoms with van der Waals surface area (Å²) in [4.78, 5) is 0. The molecule has 0 aliphatic rings. The summed E-state index contributed by atoms with van der Waals surface area (Å²) in [5.74, 6) is 0. The Morgan fingerprint density at radius 1 is 0.923 bits per heavy atom. The molecule has 0 unspecified atom stereocenters. The monoisotopic (exact) mass is 198 g/mol. The van der Waals surface area contributed by atoms with Crippen LogP contribution in [0, 0.1) is 0 Å². The SMILES string of the molecule is [Li+].c1ccc([P-]c2cccs2)cc1. The Labute approximate surface area is 96.3 Å².